The molecule has 1 heterocycles. The van der Waals surface area contributed by atoms with Gasteiger partial charge in [-0.1, -0.05) is 62.4 Å². The van der Waals surface area contributed by atoms with Crippen LogP contribution in [0.1, 0.15) is 35.3 Å². The lowest BCUT2D eigenvalue weighted by Crippen LogP contribution is -2.52. The number of hydrogen-bond donors (Lipinski definition) is 2. The smallest absolute Gasteiger partial charge is 0.255 e. The molecule has 2 unspecified atom stereocenters. The SMILES string of the molecule is CC(C)C(CO)NC(=O)C(Cc1ccccc1)N1Cc2ccccc2C1=O. The van der Waals surface area contributed by atoms with Crippen LogP contribution in [0.15, 0.2) is 54.6 Å². The van der Waals surface area contributed by atoms with Gasteiger partial charge in [0.25, 0.3) is 5.91 Å². The monoisotopic (exact) mass is 366 g/mol. The zero-order valence-electron chi connectivity index (χ0n) is 15.8. The van der Waals surface area contributed by atoms with Crippen molar-refractivity contribution in [2.24, 2.45) is 5.92 Å². The van der Waals surface area contributed by atoms with Crippen LogP contribution >= 0.6 is 0 Å². The Morgan fingerprint density at radius 2 is 1.78 bits per heavy atom. The van der Waals surface area contributed by atoms with Gasteiger partial charge in [-0.05, 0) is 23.1 Å². The Morgan fingerprint density at radius 3 is 2.41 bits per heavy atom. The van der Waals surface area contributed by atoms with E-state index in [2.05, 4.69) is 5.32 Å². The van der Waals surface area contributed by atoms with E-state index in [4.69, 9.17) is 0 Å². The zero-order valence-corrected chi connectivity index (χ0v) is 15.8. The molecule has 142 valence electrons. The van der Waals surface area contributed by atoms with Crippen LogP contribution in [0.5, 0.6) is 0 Å². The fourth-order valence-electron chi connectivity index (χ4n) is 3.41. The van der Waals surface area contributed by atoms with Crippen LogP contribution in [0.4, 0.5) is 0 Å². The highest BCUT2D eigenvalue weighted by molar-refractivity contribution is 6.01. The highest BCUT2D eigenvalue weighted by atomic mass is 16.3. The van der Waals surface area contributed by atoms with Crippen molar-refractivity contribution in [1.29, 1.82) is 0 Å². The van der Waals surface area contributed by atoms with Crippen LogP contribution in [-0.4, -0.2) is 40.5 Å². The van der Waals surface area contributed by atoms with Crippen LogP contribution in [0, 0.1) is 5.92 Å². The summed E-state index contributed by atoms with van der Waals surface area (Å²) in [6.45, 7) is 4.19. The molecule has 2 aromatic rings. The molecule has 1 aliphatic rings. The topological polar surface area (TPSA) is 69.6 Å². The summed E-state index contributed by atoms with van der Waals surface area (Å²) >= 11 is 0. The van der Waals surface area contributed by atoms with E-state index in [0.717, 1.165) is 11.1 Å². The Labute approximate surface area is 160 Å². The third kappa shape index (κ3) is 4.19. The number of aliphatic hydroxyl groups is 1. The number of nitrogens with zero attached hydrogens (tertiary/aromatic N) is 1. The van der Waals surface area contributed by atoms with E-state index in [1.54, 1.807) is 11.0 Å². The van der Waals surface area contributed by atoms with Gasteiger partial charge in [-0.3, -0.25) is 9.59 Å². The lowest BCUT2D eigenvalue weighted by molar-refractivity contribution is -0.127. The predicted molar refractivity (Wildman–Crippen MR) is 104 cm³/mol. The van der Waals surface area contributed by atoms with Crippen LogP contribution < -0.4 is 5.32 Å². The lowest BCUT2D eigenvalue weighted by atomic mass is 10.0. The fraction of sp³-hybridized carbons (Fsp3) is 0.364. The average molecular weight is 366 g/mol. The van der Waals surface area contributed by atoms with E-state index in [9.17, 15) is 14.7 Å². The third-order valence-electron chi connectivity index (χ3n) is 5.13. The van der Waals surface area contributed by atoms with Gasteiger partial charge in [-0.15, -0.1) is 0 Å². The maximum absolute atomic E-state index is 13.1. The molecule has 0 spiro atoms. The summed E-state index contributed by atoms with van der Waals surface area (Å²) < 4.78 is 0. The van der Waals surface area contributed by atoms with Crippen molar-refractivity contribution in [2.45, 2.75) is 38.9 Å². The van der Waals surface area contributed by atoms with Gasteiger partial charge < -0.3 is 15.3 Å². The number of hydrogen-bond acceptors (Lipinski definition) is 3. The quantitative estimate of drug-likeness (QED) is 0.790. The van der Waals surface area contributed by atoms with E-state index in [0.29, 0.717) is 18.5 Å². The van der Waals surface area contributed by atoms with E-state index >= 15 is 0 Å². The maximum Gasteiger partial charge on any atom is 0.255 e. The van der Waals surface area contributed by atoms with Gasteiger partial charge in [0, 0.05) is 18.5 Å². The molecule has 2 aromatic carbocycles. The minimum absolute atomic E-state index is 0.0998. The summed E-state index contributed by atoms with van der Waals surface area (Å²) in [5, 5.41) is 12.5. The second kappa shape index (κ2) is 8.35. The Kier molecular flexibility index (Phi) is 5.91. The number of carbonyl (C=O) groups is 2. The Morgan fingerprint density at radius 1 is 1.11 bits per heavy atom. The van der Waals surface area contributed by atoms with Crippen molar-refractivity contribution in [3.63, 3.8) is 0 Å². The molecule has 2 amide bonds. The molecule has 0 saturated carbocycles. The first-order valence-corrected chi connectivity index (χ1v) is 9.35. The molecule has 1 aliphatic heterocycles. The maximum atomic E-state index is 13.1. The summed E-state index contributed by atoms with van der Waals surface area (Å²) in [6, 6.07) is 16.2. The molecule has 2 atom stereocenters. The second-order valence-electron chi connectivity index (χ2n) is 7.34. The van der Waals surface area contributed by atoms with Crippen LogP contribution in [-0.2, 0) is 17.8 Å². The minimum atomic E-state index is -0.625. The molecule has 0 fully saturated rings. The van der Waals surface area contributed by atoms with Crippen molar-refractivity contribution in [2.75, 3.05) is 6.61 Å². The van der Waals surface area contributed by atoms with E-state index in [1.165, 1.54) is 0 Å². The van der Waals surface area contributed by atoms with Crippen LogP contribution in [0.3, 0.4) is 0 Å². The van der Waals surface area contributed by atoms with Gasteiger partial charge in [-0.2, -0.15) is 0 Å². The Bertz CT molecular complexity index is 804. The second-order valence-corrected chi connectivity index (χ2v) is 7.34. The number of rotatable bonds is 7. The predicted octanol–water partition coefficient (Wildman–Crippen LogP) is 2.39. The lowest BCUT2D eigenvalue weighted by Gasteiger charge is -2.30. The van der Waals surface area contributed by atoms with Crippen molar-refractivity contribution >= 4 is 11.8 Å². The Hall–Kier alpha value is -2.66. The van der Waals surface area contributed by atoms with Gasteiger partial charge in [0.15, 0.2) is 0 Å². The molecule has 27 heavy (non-hydrogen) atoms. The third-order valence-corrected chi connectivity index (χ3v) is 5.13. The molecule has 0 saturated heterocycles. The largest absolute Gasteiger partial charge is 0.394 e. The van der Waals surface area contributed by atoms with Crippen molar-refractivity contribution in [3.05, 3.63) is 71.3 Å². The molecule has 0 aliphatic carbocycles. The number of fused-ring (bicyclic) bond motifs is 1. The van der Waals surface area contributed by atoms with E-state index in [-0.39, 0.29) is 30.4 Å². The fourth-order valence-corrected chi connectivity index (χ4v) is 3.41. The van der Waals surface area contributed by atoms with Gasteiger partial charge >= 0.3 is 0 Å². The minimum Gasteiger partial charge on any atom is -0.394 e. The molecule has 0 radical (unpaired) electrons. The molecule has 5 nitrogen and oxygen atoms in total. The first-order valence-electron chi connectivity index (χ1n) is 9.35. The zero-order chi connectivity index (χ0) is 19.4. The van der Waals surface area contributed by atoms with Crippen molar-refractivity contribution in [1.82, 2.24) is 10.2 Å². The molecule has 0 aromatic heterocycles. The van der Waals surface area contributed by atoms with Gasteiger partial charge in [0.2, 0.25) is 5.91 Å². The van der Waals surface area contributed by atoms with E-state index in [1.807, 2.05) is 62.4 Å². The normalized spacial score (nSPS) is 15.6. The molecule has 3 rings (SSSR count). The number of benzene rings is 2. The van der Waals surface area contributed by atoms with Crippen LogP contribution in [0.2, 0.25) is 0 Å². The molecular weight excluding hydrogens is 340 g/mol. The number of carbonyl (C=O) groups excluding carboxylic acids is 2. The van der Waals surface area contributed by atoms with Gasteiger partial charge in [-0.25, -0.2) is 0 Å². The van der Waals surface area contributed by atoms with Crippen molar-refractivity contribution < 1.29 is 14.7 Å². The van der Waals surface area contributed by atoms with Gasteiger partial charge in [0.1, 0.15) is 6.04 Å². The summed E-state index contributed by atoms with van der Waals surface area (Å²) in [4.78, 5) is 27.6. The number of amides is 2. The first kappa shape index (κ1) is 19.1. The summed E-state index contributed by atoms with van der Waals surface area (Å²) in [5.41, 5.74) is 2.59. The summed E-state index contributed by atoms with van der Waals surface area (Å²) in [5.74, 6) is -0.248. The first-order chi connectivity index (χ1) is 13.0. The molecule has 5 heteroatoms. The van der Waals surface area contributed by atoms with E-state index < -0.39 is 6.04 Å². The van der Waals surface area contributed by atoms with Gasteiger partial charge in [0.05, 0.1) is 12.6 Å². The molecule has 2 N–H and O–H groups in total. The summed E-state index contributed by atoms with van der Waals surface area (Å²) in [6.07, 6.45) is 0.433. The van der Waals surface area contributed by atoms with Crippen LogP contribution in [0.25, 0.3) is 0 Å². The average Bonchev–Trinajstić information content (AvgIpc) is 3.01. The standard InChI is InChI=1S/C22H26N2O3/c1-15(2)19(14-25)23-21(26)20(12-16-8-4-3-5-9-16)24-13-17-10-6-7-11-18(17)22(24)27/h3-11,15,19-20,25H,12-14H2,1-2H3,(H,23,26). The molecular formula is C22H26N2O3. The Balaban J connectivity index is 1.86. The number of aliphatic hydroxyl groups excluding tert-OH is 1. The molecule has 0 bridgehead atoms. The number of nitrogens with one attached hydrogen (secondary N) is 1. The highest BCUT2D eigenvalue weighted by Gasteiger charge is 2.37. The van der Waals surface area contributed by atoms with Crippen molar-refractivity contribution in [3.8, 4) is 0 Å². The summed E-state index contributed by atoms with van der Waals surface area (Å²) in [7, 11) is 0. The highest BCUT2D eigenvalue weighted by Crippen LogP contribution is 2.26.